The quantitative estimate of drug-likeness (QED) is 0.663. The standard InChI is InChI=1S/C9H21NS2/c1-10-12(2,3)9-6-4-8(11)5-7-9/h8-11H,4-7H2,1-3H3. The van der Waals surface area contributed by atoms with Crippen molar-refractivity contribution in [2.75, 3.05) is 19.6 Å². The Bertz CT molecular complexity index is 139. The minimum Gasteiger partial charge on any atom is -0.284 e. The molecule has 1 N–H and O–H groups in total. The van der Waals surface area contributed by atoms with Gasteiger partial charge in [-0.25, -0.2) is 0 Å². The lowest BCUT2D eigenvalue weighted by Crippen LogP contribution is -2.30. The molecule has 1 saturated carbocycles. The Balaban J connectivity index is 2.44. The lowest BCUT2D eigenvalue weighted by atomic mass is 10.00. The molecule has 1 aliphatic carbocycles. The van der Waals surface area contributed by atoms with Crippen molar-refractivity contribution in [1.29, 1.82) is 0 Å². The van der Waals surface area contributed by atoms with Crippen molar-refractivity contribution in [1.82, 2.24) is 4.72 Å². The van der Waals surface area contributed by atoms with Crippen LogP contribution >= 0.6 is 22.8 Å². The summed E-state index contributed by atoms with van der Waals surface area (Å²) in [5.74, 6) is 0. The van der Waals surface area contributed by atoms with Crippen molar-refractivity contribution >= 4 is 22.8 Å². The molecule has 0 saturated heterocycles. The molecule has 0 heterocycles. The molecule has 0 aromatic rings. The molecule has 0 aromatic heterocycles. The van der Waals surface area contributed by atoms with Gasteiger partial charge in [0.2, 0.25) is 0 Å². The summed E-state index contributed by atoms with van der Waals surface area (Å²) in [6, 6.07) is 0. The van der Waals surface area contributed by atoms with Gasteiger partial charge in [0.05, 0.1) is 0 Å². The zero-order valence-corrected chi connectivity index (χ0v) is 10.0. The van der Waals surface area contributed by atoms with Crippen molar-refractivity contribution in [3.05, 3.63) is 0 Å². The minimum absolute atomic E-state index is 0.529. The number of rotatable bonds is 2. The van der Waals surface area contributed by atoms with E-state index in [0.717, 1.165) is 5.25 Å². The van der Waals surface area contributed by atoms with Gasteiger partial charge in [0.25, 0.3) is 0 Å². The smallest absolute Gasteiger partial charge is 0.00176 e. The Labute approximate surface area is 83.6 Å². The van der Waals surface area contributed by atoms with Crippen LogP contribution in [0.3, 0.4) is 0 Å². The van der Waals surface area contributed by atoms with E-state index in [0.29, 0.717) is 5.25 Å². The first-order valence-corrected chi connectivity index (χ1v) is 7.68. The molecule has 3 heteroatoms. The lowest BCUT2D eigenvalue weighted by molar-refractivity contribution is 0.525. The average molecular weight is 207 g/mol. The van der Waals surface area contributed by atoms with E-state index in [-0.39, 0.29) is 0 Å². The van der Waals surface area contributed by atoms with Crippen molar-refractivity contribution < 1.29 is 0 Å². The van der Waals surface area contributed by atoms with E-state index < -0.39 is 10.2 Å². The molecule has 1 aliphatic rings. The Morgan fingerprint density at radius 1 is 1.17 bits per heavy atom. The molecule has 0 unspecified atom stereocenters. The number of hydrogen-bond donors (Lipinski definition) is 2. The van der Waals surface area contributed by atoms with Crippen molar-refractivity contribution in [3.8, 4) is 0 Å². The summed E-state index contributed by atoms with van der Waals surface area (Å²) in [6.45, 7) is 0. The molecule has 1 rings (SSSR count). The molecule has 0 amide bonds. The predicted molar refractivity (Wildman–Crippen MR) is 63.5 cm³/mol. The minimum atomic E-state index is -0.529. The van der Waals surface area contributed by atoms with Gasteiger partial charge in [-0.2, -0.15) is 22.8 Å². The van der Waals surface area contributed by atoms with Gasteiger partial charge in [-0.1, -0.05) is 0 Å². The summed E-state index contributed by atoms with van der Waals surface area (Å²) < 4.78 is 3.48. The molecule has 1 nitrogen and oxygen atoms in total. The van der Waals surface area contributed by atoms with Gasteiger partial charge >= 0.3 is 0 Å². The Hall–Kier alpha value is 0.660. The second-order valence-corrected chi connectivity index (χ2v) is 8.66. The maximum atomic E-state index is 4.52. The maximum absolute atomic E-state index is 4.52. The van der Waals surface area contributed by atoms with Crippen LogP contribution in [0.25, 0.3) is 0 Å². The summed E-state index contributed by atoms with van der Waals surface area (Å²) in [6.07, 6.45) is 10.1. The average Bonchev–Trinajstić information content (AvgIpc) is 2.05. The fourth-order valence-electron chi connectivity index (χ4n) is 1.80. The third-order valence-corrected chi connectivity index (χ3v) is 6.71. The van der Waals surface area contributed by atoms with Gasteiger partial charge < -0.3 is 0 Å². The highest BCUT2D eigenvalue weighted by Gasteiger charge is 2.27. The van der Waals surface area contributed by atoms with Crippen LogP contribution in [0.2, 0.25) is 0 Å². The third-order valence-electron chi connectivity index (χ3n) is 3.00. The first-order chi connectivity index (χ1) is 5.56. The van der Waals surface area contributed by atoms with Crippen LogP contribution in [0.5, 0.6) is 0 Å². The summed E-state index contributed by atoms with van der Waals surface area (Å²) in [4.78, 5) is 0. The van der Waals surface area contributed by atoms with Crippen molar-refractivity contribution in [2.24, 2.45) is 0 Å². The number of thiol groups is 1. The van der Waals surface area contributed by atoms with E-state index in [2.05, 4.69) is 36.9 Å². The number of nitrogens with one attached hydrogen (secondary N) is 1. The van der Waals surface area contributed by atoms with E-state index in [4.69, 9.17) is 0 Å². The van der Waals surface area contributed by atoms with Gasteiger partial charge in [0.15, 0.2) is 0 Å². The second kappa shape index (κ2) is 4.25. The van der Waals surface area contributed by atoms with Crippen LogP contribution in [-0.4, -0.2) is 30.1 Å². The molecule has 12 heavy (non-hydrogen) atoms. The summed E-state index contributed by atoms with van der Waals surface area (Å²) in [5, 5.41) is 1.60. The Kier molecular flexibility index (Phi) is 3.80. The van der Waals surface area contributed by atoms with E-state index >= 15 is 0 Å². The molecular weight excluding hydrogens is 186 g/mol. The predicted octanol–water partition coefficient (Wildman–Crippen LogP) is 2.43. The molecule has 74 valence electrons. The molecule has 0 atom stereocenters. The van der Waals surface area contributed by atoms with Crippen LogP contribution in [-0.2, 0) is 0 Å². The largest absolute Gasteiger partial charge is 0.284 e. The molecule has 0 aliphatic heterocycles. The van der Waals surface area contributed by atoms with Crippen LogP contribution in [0.15, 0.2) is 0 Å². The van der Waals surface area contributed by atoms with E-state index in [1.807, 2.05) is 0 Å². The van der Waals surface area contributed by atoms with Gasteiger partial charge in [0.1, 0.15) is 0 Å². The molecule has 1 fully saturated rings. The second-order valence-electron chi connectivity index (χ2n) is 4.04. The maximum Gasteiger partial charge on any atom is 0.00176 e. The highest BCUT2D eigenvalue weighted by Crippen LogP contribution is 2.47. The van der Waals surface area contributed by atoms with Gasteiger partial charge in [0, 0.05) is 10.5 Å². The summed E-state index contributed by atoms with van der Waals surface area (Å²) in [5.41, 5.74) is 0. The van der Waals surface area contributed by atoms with Crippen LogP contribution < -0.4 is 4.72 Å². The van der Waals surface area contributed by atoms with Crippen LogP contribution in [0.4, 0.5) is 0 Å². The molecule has 0 radical (unpaired) electrons. The highest BCUT2D eigenvalue weighted by atomic mass is 32.3. The normalized spacial score (nSPS) is 33.3. The van der Waals surface area contributed by atoms with Gasteiger partial charge in [-0.05, 0) is 45.2 Å². The Morgan fingerprint density at radius 2 is 1.67 bits per heavy atom. The fourth-order valence-corrected chi connectivity index (χ4v) is 3.88. The SMILES string of the molecule is CNS(C)(C)C1CCC(S)CC1. The topological polar surface area (TPSA) is 12.0 Å². The van der Waals surface area contributed by atoms with E-state index in [9.17, 15) is 0 Å². The fraction of sp³-hybridized carbons (Fsp3) is 1.00. The van der Waals surface area contributed by atoms with Crippen molar-refractivity contribution in [3.63, 3.8) is 0 Å². The lowest BCUT2D eigenvalue weighted by Gasteiger charge is -2.42. The van der Waals surface area contributed by atoms with Gasteiger partial charge in [-0.15, -0.1) is 0 Å². The molecule has 0 spiro atoms. The monoisotopic (exact) mass is 207 g/mol. The molecular formula is C9H21NS2. The zero-order valence-electron chi connectivity index (χ0n) is 8.34. The van der Waals surface area contributed by atoms with E-state index in [1.54, 1.807) is 0 Å². The van der Waals surface area contributed by atoms with Gasteiger partial charge in [-0.3, -0.25) is 4.72 Å². The Morgan fingerprint density at radius 3 is 2.08 bits per heavy atom. The summed E-state index contributed by atoms with van der Waals surface area (Å²) >= 11 is 4.52. The third kappa shape index (κ3) is 2.57. The first kappa shape index (κ1) is 10.7. The van der Waals surface area contributed by atoms with Crippen molar-refractivity contribution in [2.45, 2.75) is 36.2 Å². The van der Waals surface area contributed by atoms with Crippen LogP contribution in [0, 0.1) is 0 Å². The molecule has 0 bridgehead atoms. The summed E-state index contributed by atoms with van der Waals surface area (Å²) in [7, 11) is 1.57. The zero-order chi connectivity index (χ0) is 9.19. The molecule has 0 aromatic carbocycles. The van der Waals surface area contributed by atoms with E-state index in [1.165, 1.54) is 25.7 Å². The highest BCUT2D eigenvalue weighted by molar-refractivity contribution is 8.31. The van der Waals surface area contributed by atoms with Crippen LogP contribution in [0.1, 0.15) is 25.7 Å². The number of hydrogen-bond acceptors (Lipinski definition) is 2. The first-order valence-electron chi connectivity index (χ1n) is 4.65.